The van der Waals surface area contributed by atoms with E-state index in [9.17, 15) is 17.6 Å². The Hall–Kier alpha value is -2.02. The van der Waals surface area contributed by atoms with Gasteiger partial charge < -0.3 is 5.32 Å². The van der Waals surface area contributed by atoms with Crippen LogP contribution in [0.2, 0.25) is 0 Å². The molecule has 0 atom stereocenters. The van der Waals surface area contributed by atoms with E-state index in [1.807, 2.05) is 0 Å². The molecule has 23 heavy (non-hydrogen) atoms. The Bertz CT molecular complexity index is 871. The Morgan fingerprint density at radius 3 is 2.57 bits per heavy atom. The van der Waals surface area contributed by atoms with E-state index in [0.29, 0.717) is 22.2 Å². The third-order valence-electron chi connectivity index (χ3n) is 3.82. The van der Waals surface area contributed by atoms with Crippen LogP contribution in [0.5, 0.6) is 0 Å². The number of rotatable bonds is 4. The van der Waals surface area contributed by atoms with Gasteiger partial charge in [0, 0.05) is 29.9 Å². The standard InChI is InChI=1S/C16H19FN2O3S/c1-10-7-13(12-6-5-11(17)8-14(12)19-10)15(20)18-9-16(2,3)23(4,21)22/h5-8H,9H2,1-4H3,(H,18,20). The second-order valence-electron chi connectivity index (χ2n) is 6.19. The minimum absolute atomic E-state index is 0.0191. The normalized spacial score (nSPS) is 12.4. The highest BCUT2D eigenvalue weighted by molar-refractivity contribution is 7.92. The van der Waals surface area contributed by atoms with E-state index >= 15 is 0 Å². The lowest BCUT2D eigenvalue weighted by molar-refractivity contribution is 0.0952. The first kappa shape index (κ1) is 17.3. The number of halogens is 1. The highest BCUT2D eigenvalue weighted by Crippen LogP contribution is 2.20. The second-order valence-corrected chi connectivity index (χ2v) is 8.84. The molecule has 2 aromatic rings. The van der Waals surface area contributed by atoms with E-state index in [4.69, 9.17) is 0 Å². The monoisotopic (exact) mass is 338 g/mol. The lowest BCUT2D eigenvalue weighted by atomic mass is 10.1. The van der Waals surface area contributed by atoms with E-state index in [1.54, 1.807) is 26.8 Å². The number of carbonyl (C=O) groups excluding carboxylic acids is 1. The summed E-state index contributed by atoms with van der Waals surface area (Å²) in [4.78, 5) is 16.7. The molecule has 0 spiro atoms. The molecule has 0 aliphatic carbocycles. The molecule has 1 aromatic heterocycles. The van der Waals surface area contributed by atoms with Gasteiger partial charge in [0.1, 0.15) is 5.82 Å². The zero-order chi connectivity index (χ0) is 17.4. The van der Waals surface area contributed by atoms with E-state index in [0.717, 1.165) is 6.26 Å². The van der Waals surface area contributed by atoms with Crippen molar-refractivity contribution < 1.29 is 17.6 Å². The maximum atomic E-state index is 13.3. The maximum absolute atomic E-state index is 13.3. The first-order chi connectivity index (χ1) is 10.5. The number of benzene rings is 1. The molecular formula is C16H19FN2O3S. The molecule has 0 saturated heterocycles. The molecule has 1 aromatic carbocycles. The molecule has 0 bridgehead atoms. The van der Waals surface area contributed by atoms with Gasteiger partial charge in [0.2, 0.25) is 0 Å². The fourth-order valence-electron chi connectivity index (χ4n) is 2.04. The van der Waals surface area contributed by atoms with Crippen molar-refractivity contribution in [3.8, 4) is 0 Å². The zero-order valence-electron chi connectivity index (χ0n) is 13.5. The number of carbonyl (C=O) groups is 1. The number of pyridine rings is 1. The fourth-order valence-corrected chi connectivity index (χ4v) is 2.38. The van der Waals surface area contributed by atoms with Crippen LogP contribution in [0, 0.1) is 12.7 Å². The Labute approximate surface area is 134 Å². The summed E-state index contributed by atoms with van der Waals surface area (Å²) in [5, 5.41) is 3.16. The first-order valence-electron chi connectivity index (χ1n) is 7.06. The first-order valence-corrected chi connectivity index (χ1v) is 8.95. The van der Waals surface area contributed by atoms with Gasteiger partial charge in [0.15, 0.2) is 9.84 Å². The summed E-state index contributed by atoms with van der Waals surface area (Å²) in [5.41, 5.74) is 1.31. The molecule has 0 aliphatic heterocycles. The number of amides is 1. The highest BCUT2D eigenvalue weighted by atomic mass is 32.2. The number of sulfone groups is 1. The Morgan fingerprint density at radius 1 is 1.30 bits per heavy atom. The van der Waals surface area contributed by atoms with Crippen LogP contribution in [-0.2, 0) is 9.84 Å². The molecule has 0 saturated carbocycles. The van der Waals surface area contributed by atoms with E-state index in [-0.39, 0.29) is 6.54 Å². The number of fused-ring (bicyclic) bond motifs is 1. The van der Waals surface area contributed by atoms with Gasteiger partial charge in [-0.1, -0.05) is 0 Å². The summed E-state index contributed by atoms with van der Waals surface area (Å²) in [7, 11) is -3.31. The van der Waals surface area contributed by atoms with Crippen LogP contribution in [0.4, 0.5) is 4.39 Å². The molecule has 124 valence electrons. The predicted molar refractivity (Wildman–Crippen MR) is 87.7 cm³/mol. The molecule has 0 fully saturated rings. The van der Waals surface area contributed by atoms with Crippen molar-refractivity contribution in [3.63, 3.8) is 0 Å². The van der Waals surface area contributed by atoms with Gasteiger partial charge >= 0.3 is 0 Å². The molecule has 7 heteroatoms. The largest absolute Gasteiger partial charge is 0.350 e. The van der Waals surface area contributed by atoms with Gasteiger partial charge in [-0.2, -0.15) is 0 Å². The average molecular weight is 338 g/mol. The Balaban J connectivity index is 2.35. The second kappa shape index (κ2) is 5.88. The maximum Gasteiger partial charge on any atom is 0.252 e. The predicted octanol–water partition coefficient (Wildman–Crippen LogP) is 2.24. The van der Waals surface area contributed by atoms with Gasteiger partial charge in [-0.25, -0.2) is 12.8 Å². The third kappa shape index (κ3) is 3.67. The van der Waals surface area contributed by atoms with Gasteiger partial charge in [0.05, 0.1) is 15.8 Å². The van der Waals surface area contributed by atoms with Crippen molar-refractivity contribution in [2.24, 2.45) is 0 Å². The van der Waals surface area contributed by atoms with Crippen LogP contribution < -0.4 is 5.32 Å². The lowest BCUT2D eigenvalue weighted by Gasteiger charge is -2.23. The highest BCUT2D eigenvalue weighted by Gasteiger charge is 2.30. The summed E-state index contributed by atoms with van der Waals surface area (Å²) in [6.07, 6.45) is 1.13. The molecular weight excluding hydrogens is 319 g/mol. The summed E-state index contributed by atoms with van der Waals surface area (Å²) in [6, 6.07) is 5.62. The van der Waals surface area contributed by atoms with Crippen LogP contribution in [0.3, 0.4) is 0 Å². The van der Waals surface area contributed by atoms with Crippen LogP contribution in [0.1, 0.15) is 29.9 Å². The van der Waals surface area contributed by atoms with Crippen LogP contribution in [0.15, 0.2) is 24.3 Å². The minimum atomic E-state index is -3.31. The molecule has 2 rings (SSSR count). The summed E-state index contributed by atoms with van der Waals surface area (Å²) in [6.45, 7) is 4.79. The van der Waals surface area contributed by atoms with Gasteiger partial charge in [0.25, 0.3) is 5.91 Å². The Kier molecular flexibility index (Phi) is 4.43. The number of hydrogen-bond acceptors (Lipinski definition) is 4. The quantitative estimate of drug-likeness (QED) is 0.927. The van der Waals surface area contributed by atoms with E-state index in [1.165, 1.54) is 18.2 Å². The lowest BCUT2D eigenvalue weighted by Crippen LogP contribution is -2.43. The number of nitrogens with zero attached hydrogens (tertiary/aromatic N) is 1. The summed E-state index contributed by atoms with van der Waals surface area (Å²) in [5.74, 6) is -0.844. The number of hydrogen-bond donors (Lipinski definition) is 1. The number of aromatic nitrogens is 1. The van der Waals surface area contributed by atoms with E-state index in [2.05, 4.69) is 10.3 Å². The van der Waals surface area contributed by atoms with Crippen molar-refractivity contribution in [1.29, 1.82) is 0 Å². The summed E-state index contributed by atoms with van der Waals surface area (Å²) < 4.78 is 35.7. The number of aryl methyl sites for hydroxylation is 1. The topological polar surface area (TPSA) is 76.1 Å². The molecule has 1 N–H and O–H groups in total. The van der Waals surface area contributed by atoms with Crippen molar-refractivity contribution in [1.82, 2.24) is 10.3 Å². The molecule has 5 nitrogen and oxygen atoms in total. The Morgan fingerprint density at radius 2 is 1.96 bits per heavy atom. The number of nitrogens with one attached hydrogen (secondary N) is 1. The molecule has 0 unspecified atom stereocenters. The van der Waals surface area contributed by atoms with Gasteiger partial charge in [-0.05, 0) is 39.0 Å². The average Bonchev–Trinajstić information content (AvgIpc) is 2.42. The summed E-state index contributed by atoms with van der Waals surface area (Å²) >= 11 is 0. The third-order valence-corrected chi connectivity index (χ3v) is 5.97. The van der Waals surface area contributed by atoms with Crippen molar-refractivity contribution in [2.45, 2.75) is 25.5 Å². The van der Waals surface area contributed by atoms with Gasteiger partial charge in [-0.3, -0.25) is 9.78 Å². The molecule has 0 aliphatic rings. The smallest absolute Gasteiger partial charge is 0.252 e. The van der Waals surface area contributed by atoms with Crippen LogP contribution in [-0.4, -0.2) is 36.9 Å². The van der Waals surface area contributed by atoms with Crippen LogP contribution in [0.25, 0.3) is 10.9 Å². The molecule has 0 radical (unpaired) electrons. The molecule has 1 amide bonds. The fraction of sp³-hybridized carbons (Fsp3) is 0.375. The van der Waals surface area contributed by atoms with E-state index < -0.39 is 26.3 Å². The van der Waals surface area contributed by atoms with Crippen LogP contribution >= 0.6 is 0 Å². The van der Waals surface area contributed by atoms with Gasteiger partial charge in [-0.15, -0.1) is 0 Å². The molecule has 1 heterocycles. The van der Waals surface area contributed by atoms with Crippen molar-refractivity contribution >= 4 is 26.6 Å². The van der Waals surface area contributed by atoms with Crippen molar-refractivity contribution in [3.05, 3.63) is 41.3 Å². The van der Waals surface area contributed by atoms with Crippen molar-refractivity contribution in [2.75, 3.05) is 12.8 Å². The minimum Gasteiger partial charge on any atom is -0.350 e. The zero-order valence-corrected chi connectivity index (χ0v) is 14.3. The SMILES string of the molecule is Cc1cc(C(=O)NCC(C)(C)S(C)(=O)=O)c2ccc(F)cc2n1.